The first-order valence-electron chi connectivity index (χ1n) is 8.30. The molecule has 0 saturated heterocycles. The minimum Gasteiger partial charge on any atom is -0.476 e. The van der Waals surface area contributed by atoms with Crippen LogP contribution in [-0.2, 0) is 17.7 Å². The van der Waals surface area contributed by atoms with Crippen molar-refractivity contribution in [2.75, 3.05) is 13.2 Å². The lowest BCUT2D eigenvalue weighted by molar-refractivity contribution is 0.0514. The quantitative estimate of drug-likeness (QED) is 0.615. The lowest BCUT2D eigenvalue weighted by Crippen LogP contribution is -2.12. The first-order chi connectivity index (χ1) is 12.2. The van der Waals surface area contributed by atoms with Crippen molar-refractivity contribution in [3.63, 3.8) is 0 Å². The average molecular weight is 340 g/mol. The second-order valence-electron chi connectivity index (χ2n) is 5.34. The van der Waals surface area contributed by atoms with E-state index in [2.05, 4.69) is 27.2 Å². The van der Waals surface area contributed by atoms with Gasteiger partial charge in [0.2, 0.25) is 11.6 Å². The standard InChI is InChI=1S/C18H20N4O3/c1-3-24-17-15(18(23)25-4-2)20-14-12-19-22(16(14)21-17)11-10-13-8-6-5-7-9-13/h5-9,12H,3-4,10-11H2,1-2H3. The Bertz CT molecular complexity index is 861. The Morgan fingerprint density at radius 3 is 2.64 bits per heavy atom. The number of ether oxygens (including phenoxy) is 2. The molecule has 130 valence electrons. The third-order valence-corrected chi connectivity index (χ3v) is 3.64. The summed E-state index contributed by atoms with van der Waals surface area (Å²) in [5.74, 6) is -0.368. The van der Waals surface area contributed by atoms with Crippen molar-refractivity contribution in [1.82, 2.24) is 19.7 Å². The van der Waals surface area contributed by atoms with Crippen LogP contribution in [0.1, 0.15) is 29.9 Å². The molecule has 0 aliphatic rings. The van der Waals surface area contributed by atoms with Gasteiger partial charge in [-0.3, -0.25) is 0 Å². The van der Waals surface area contributed by atoms with Crippen LogP contribution >= 0.6 is 0 Å². The van der Waals surface area contributed by atoms with E-state index in [9.17, 15) is 4.79 Å². The molecule has 0 saturated carbocycles. The molecule has 7 heteroatoms. The Kier molecular flexibility index (Phi) is 5.23. The van der Waals surface area contributed by atoms with E-state index in [0.29, 0.717) is 24.3 Å². The molecule has 0 N–H and O–H groups in total. The second kappa shape index (κ2) is 7.74. The molecule has 25 heavy (non-hydrogen) atoms. The highest BCUT2D eigenvalue weighted by Crippen LogP contribution is 2.20. The number of carbonyl (C=O) groups excluding carboxylic acids is 1. The van der Waals surface area contributed by atoms with Gasteiger partial charge in [0.05, 0.1) is 19.4 Å². The maximum Gasteiger partial charge on any atom is 0.362 e. The van der Waals surface area contributed by atoms with Gasteiger partial charge in [0.15, 0.2) is 5.65 Å². The molecule has 0 atom stereocenters. The molecule has 0 unspecified atom stereocenters. The summed E-state index contributed by atoms with van der Waals surface area (Å²) in [6.07, 6.45) is 2.43. The van der Waals surface area contributed by atoms with Crippen LogP contribution in [-0.4, -0.2) is 38.9 Å². The van der Waals surface area contributed by atoms with Crippen molar-refractivity contribution in [3.05, 3.63) is 47.8 Å². The van der Waals surface area contributed by atoms with E-state index in [0.717, 1.165) is 6.42 Å². The van der Waals surface area contributed by atoms with Gasteiger partial charge in [0.1, 0.15) is 5.52 Å². The zero-order valence-electron chi connectivity index (χ0n) is 14.3. The summed E-state index contributed by atoms with van der Waals surface area (Å²) in [7, 11) is 0. The zero-order chi connectivity index (χ0) is 17.6. The molecular weight excluding hydrogens is 320 g/mol. The van der Waals surface area contributed by atoms with E-state index in [-0.39, 0.29) is 18.2 Å². The van der Waals surface area contributed by atoms with Gasteiger partial charge in [-0.2, -0.15) is 10.1 Å². The van der Waals surface area contributed by atoms with Crippen LogP contribution in [0, 0.1) is 0 Å². The van der Waals surface area contributed by atoms with Crippen LogP contribution in [0.3, 0.4) is 0 Å². The molecule has 0 bridgehead atoms. The van der Waals surface area contributed by atoms with Gasteiger partial charge in [0.25, 0.3) is 0 Å². The third kappa shape index (κ3) is 3.76. The maximum atomic E-state index is 12.1. The highest BCUT2D eigenvalue weighted by atomic mass is 16.5. The number of aryl methyl sites for hydroxylation is 2. The second-order valence-corrected chi connectivity index (χ2v) is 5.34. The summed E-state index contributed by atoms with van der Waals surface area (Å²) < 4.78 is 12.3. The number of nitrogens with zero attached hydrogens (tertiary/aromatic N) is 4. The Hall–Kier alpha value is -2.96. The fraction of sp³-hybridized carbons (Fsp3) is 0.333. The molecule has 3 aromatic rings. The summed E-state index contributed by atoms with van der Waals surface area (Å²) in [6, 6.07) is 10.2. The number of hydrogen-bond donors (Lipinski definition) is 0. The highest BCUT2D eigenvalue weighted by molar-refractivity contribution is 5.91. The molecule has 7 nitrogen and oxygen atoms in total. The maximum absolute atomic E-state index is 12.1. The fourth-order valence-corrected chi connectivity index (χ4v) is 2.49. The first kappa shape index (κ1) is 16.9. The van der Waals surface area contributed by atoms with Crippen LogP contribution < -0.4 is 4.74 Å². The molecule has 1 aromatic carbocycles. The number of hydrogen-bond acceptors (Lipinski definition) is 6. The van der Waals surface area contributed by atoms with Crippen molar-refractivity contribution in [1.29, 1.82) is 0 Å². The normalized spacial score (nSPS) is 10.8. The Labute approximate surface area is 145 Å². The largest absolute Gasteiger partial charge is 0.476 e. The van der Waals surface area contributed by atoms with Gasteiger partial charge >= 0.3 is 5.97 Å². The smallest absolute Gasteiger partial charge is 0.362 e. The van der Waals surface area contributed by atoms with E-state index >= 15 is 0 Å². The molecule has 3 rings (SSSR count). The lowest BCUT2D eigenvalue weighted by atomic mass is 10.1. The summed E-state index contributed by atoms with van der Waals surface area (Å²) in [4.78, 5) is 20.9. The predicted octanol–water partition coefficient (Wildman–Crippen LogP) is 2.64. The molecule has 0 aliphatic heterocycles. The van der Waals surface area contributed by atoms with E-state index in [1.165, 1.54) is 5.56 Å². The molecular formula is C18H20N4O3. The SMILES string of the molecule is CCOC(=O)c1nc2cnn(CCc3ccccc3)c2nc1OCC. The number of benzene rings is 1. The number of carbonyl (C=O) groups is 1. The van der Waals surface area contributed by atoms with Crippen molar-refractivity contribution < 1.29 is 14.3 Å². The van der Waals surface area contributed by atoms with Crippen LogP contribution in [0.25, 0.3) is 11.2 Å². The molecule has 0 amide bonds. The van der Waals surface area contributed by atoms with Crippen LogP contribution in [0.2, 0.25) is 0 Å². The summed E-state index contributed by atoms with van der Waals surface area (Å²) in [5, 5.41) is 4.34. The molecule has 0 aliphatic carbocycles. The predicted molar refractivity (Wildman–Crippen MR) is 92.6 cm³/mol. The minimum absolute atomic E-state index is 0.0822. The Morgan fingerprint density at radius 1 is 1.12 bits per heavy atom. The van der Waals surface area contributed by atoms with E-state index in [1.807, 2.05) is 25.1 Å². The van der Waals surface area contributed by atoms with E-state index in [1.54, 1.807) is 17.8 Å². The molecule has 0 spiro atoms. The molecule has 2 aromatic heterocycles. The summed E-state index contributed by atoms with van der Waals surface area (Å²) in [6.45, 7) is 4.87. The van der Waals surface area contributed by atoms with Crippen LogP contribution in [0.15, 0.2) is 36.5 Å². The summed E-state index contributed by atoms with van der Waals surface area (Å²) in [5.41, 5.74) is 2.43. The van der Waals surface area contributed by atoms with Crippen molar-refractivity contribution in [3.8, 4) is 5.88 Å². The van der Waals surface area contributed by atoms with Crippen molar-refractivity contribution in [2.24, 2.45) is 0 Å². The Balaban J connectivity index is 1.91. The van der Waals surface area contributed by atoms with Crippen molar-refractivity contribution in [2.45, 2.75) is 26.8 Å². The van der Waals surface area contributed by atoms with Gasteiger partial charge in [0, 0.05) is 6.54 Å². The van der Waals surface area contributed by atoms with Crippen molar-refractivity contribution >= 4 is 17.1 Å². The topological polar surface area (TPSA) is 79.1 Å². The van der Waals surface area contributed by atoms with Gasteiger partial charge in [-0.15, -0.1) is 0 Å². The van der Waals surface area contributed by atoms with Crippen LogP contribution in [0.5, 0.6) is 5.88 Å². The van der Waals surface area contributed by atoms with Gasteiger partial charge in [-0.05, 0) is 25.8 Å². The third-order valence-electron chi connectivity index (χ3n) is 3.64. The van der Waals surface area contributed by atoms with E-state index < -0.39 is 5.97 Å². The fourth-order valence-electron chi connectivity index (χ4n) is 2.49. The number of esters is 1. The number of aromatic nitrogens is 4. The number of fused-ring (bicyclic) bond motifs is 1. The minimum atomic E-state index is -0.544. The zero-order valence-corrected chi connectivity index (χ0v) is 14.3. The van der Waals surface area contributed by atoms with Gasteiger partial charge in [-0.1, -0.05) is 30.3 Å². The van der Waals surface area contributed by atoms with E-state index in [4.69, 9.17) is 9.47 Å². The molecule has 2 heterocycles. The van der Waals surface area contributed by atoms with Crippen LogP contribution in [0.4, 0.5) is 0 Å². The van der Waals surface area contributed by atoms with Gasteiger partial charge < -0.3 is 9.47 Å². The lowest BCUT2D eigenvalue weighted by Gasteiger charge is -2.09. The average Bonchev–Trinajstić information content (AvgIpc) is 3.02. The monoisotopic (exact) mass is 340 g/mol. The first-order valence-corrected chi connectivity index (χ1v) is 8.30. The molecule has 0 radical (unpaired) electrons. The molecule has 0 fully saturated rings. The summed E-state index contributed by atoms with van der Waals surface area (Å²) >= 11 is 0. The number of rotatable bonds is 7. The highest BCUT2D eigenvalue weighted by Gasteiger charge is 2.20. The van der Waals surface area contributed by atoms with Gasteiger partial charge in [-0.25, -0.2) is 14.5 Å². The Morgan fingerprint density at radius 2 is 1.92 bits per heavy atom.